The topological polar surface area (TPSA) is 171 Å². The lowest BCUT2D eigenvalue weighted by Gasteiger charge is -2.54. The quantitative estimate of drug-likeness (QED) is 0.165. The van der Waals surface area contributed by atoms with E-state index in [2.05, 4.69) is 20.8 Å². The van der Waals surface area contributed by atoms with Gasteiger partial charge in [0.25, 0.3) is 0 Å². The molecule has 0 aromatic heterocycles. The van der Waals surface area contributed by atoms with Gasteiger partial charge in [-0.25, -0.2) is 4.79 Å². The summed E-state index contributed by atoms with van der Waals surface area (Å²) in [6, 6.07) is 0. The number of ketones is 1. The molecule has 3 N–H and O–H groups in total. The molecule has 0 unspecified atom stereocenters. The Morgan fingerprint density at radius 2 is 1.57 bits per heavy atom. The molecule has 1 amide bonds. The van der Waals surface area contributed by atoms with Crippen molar-refractivity contribution in [3.05, 3.63) is 12.2 Å². The Balaban J connectivity index is 1.38. The molecule has 5 rings (SSSR count). The molecule has 0 aliphatic carbocycles. The van der Waals surface area contributed by atoms with E-state index < -0.39 is 95.1 Å². The van der Waals surface area contributed by atoms with Gasteiger partial charge in [0.1, 0.15) is 5.78 Å². The fraction of sp³-hybridized carbons (Fsp3) is 0.889. The van der Waals surface area contributed by atoms with Crippen LogP contribution in [-0.4, -0.2) is 118 Å². The molecule has 18 atom stereocenters. The highest BCUT2D eigenvalue weighted by Crippen LogP contribution is 2.54. The molecule has 0 saturated carbocycles. The van der Waals surface area contributed by atoms with Crippen LogP contribution in [0.4, 0.5) is 4.79 Å². The summed E-state index contributed by atoms with van der Waals surface area (Å²) in [6.07, 6.45) is 4.76. The number of amides is 1. The summed E-state index contributed by atoms with van der Waals surface area (Å²) in [7, 11) is 3.24. The van der Waals surface area contributed by atoms with Crippen LogP contribution in [0.2, 0.25) is 0 Å². The van der Waals surface area contributed by atoms with Crippen LogP contribution in [0.5, 0.6) is 0 Å². The molecule has 58 heavy (non-hydrogen) atoms. The number of aliphatic hydroxyl groups excluding tert-OH is 1. The molecule has 13 heteroatoms. The van der Waals surface area contributed by atoms with E-state index in [4.69, 9.17) is 28.4 Å². The van der Waals surface area contributed by atoms with Gasteiger partial charge in [0.05, 0.1) is 53.7 Å². The molecule has 4 fully saturated rings. The third-order valence-electron chi connectivity index (χ3n) is 15.0. The maximum atomic E-state index is 14.6. The van der Waals surface area contributed by atoms with Gasteiger partial charge in [-0.2, -0.15) is 0 Å². The summed E-state index contributed by atoms with van der Waals surface area (Å²) in [5.41, 5.74) is -1.74. The smallest absolute Gasteiger partial charge is 0.410 e. The number of carboxylic acids is 1. The van der Waals surface area contributed by atoms with E-state index in [1.165, 1.54) is 4.90 Å². The second-order valence-corrected chi connectivity index (χ2v) is 19.2. The summed E-state index contributed by atoms with van der Waals surface area (Å²) in [5.74, 6) is -6.15. The SMILES string of the molecule is CC[C@@H](C(=O)[C@@H](C)[C@@H](O)[C@H](C)[C@@H]1O[C@@H]([C@@H](CC)C(=O)O)CC[C@@H]1C)[C@H]1O[C@]2(C=C[C@H](OC(=O)N(C)C)[C@]3(CC[C@@](C)([C@H]4CC[C@](O)(CC)[C@H](C)O4)O3)O2)[C@H](C)C[C@@H]1C. The van der Waals surface area contributed by atoms with Crippen LogP contribution in [0.15, 0.2) is 12.2 Å². The van der Waals surface area contributed by atoms with Crippen molar-refractivity contribution >= 4 is 17.8 Å². The number of carboxylic acid groups (broad SMARTS) is 1. The third-order valence-corrected chi connectivity index (χ3v) is 15.0. The Labute approximate surface area is 346 Å². The highest BCUT2D eigenvalue weighted by molar-refractivity contribution is 5.84. The minimum atomic E-state index is -1.42. The number of rotatable bonds is 13. The normalized spacial score (nSPS) is 43.0. The molecule has 5 heterocycles. The van der Waals surface area contributed by atoms with Gasteiger partial charge in [-0.15, -0.1) is 0 Å². The number of aliphatic carboxylic acids is 1. The largest absolute Gasteiger partial charge is 0.481 e. The van der Waals surface area contributed by atoms with E-state index in [1.54, 1.807) is 21.0 Å². The zero-order valence-corrected chi connectivity index (χ0v) is 37.3. The Hall–Kier alpha value is -2.13. The number of nitrogens with zero attached hydrogens (tertiary/aromatic N) is 1. The number of ether oxygens (including phenoxy) is 6. The standard InChI is InChI=1S/C45H75NO12/c1-13-31(40(49)50)33-17-16-25(4)38(54-33)29(8)36(47)28(7)37(48)32(14-2)39-26(5)24-27(6)44(56-39)21-19-35(55-41(51)46(11)12)45(58-44)23-22-42(10,57-45)34-18-20-43(52,15-3)30(9)53-34/h19,21,25-36,38-39,47,52H,13-18,20,22-24H2,1-12H3,(H,49,50)/t25-,26-,27+,28-,29-,30-,31+,32-,33+,34+,35-,36+,38+,39-,42-,43+,44-,45-/m0/s1. The molecule has 0 aromatic rings. The molecule has 0 radical (unpaired) electrons. The van der Waals surface area contributed by atoms with E-state index >= 15 is 0 Å². The van der Waals surface area contributed by atoms with Gasteiger partial charge >= 0.3 is 12.1 Å². The zero-order chi connectivity index (χ0) is 43.1. The summed E-state index contributed by atoms with van der Waals surface area (Å²) in [5, 5.41) is 32.8. The first kappa shape index (κ1) is 46.9. The van der Waals surface area contributed by atoms with Crippen molar-refractivity contribution in [2.75, 3.05) is 14.1 Å². The first-order valence-electron chi connectivity index (χ1n) is 22.2. The predicted molar refractivity (Wildman–Crippen MR) is 217 cm³/mol. The van der Waals surface area contributed by atoms with Crippen molar-refractivity contribution in [2.24, 2.45) is 41.4 Å². The monoisotopic (exact) mass is 822 g/mol. The average molecular weight is 822 g/mol. The molecule has 5 aliphatic heterocycles. The number of hydrogen-bond donors (Lipinski definition) is 3. The highest BCUT2D eigenvalue weighted by Gasteiger charge is 2.64. The Bertz CT molecular complexity index is 1490. The van der Waals surface area contributed by atoms with E-state index in [9.17, 15) is 29.7 Å². The summed E-state index contributed by atoms with van der Waals surface area (Å²) in [6.45, 7) is 19.6. The number of hydrogen-bond acceptors (Lipinski definition) is 11. The molecule has 332 valence electrons. The molecule has 2 spiro atoms. The van der Waals surface area contributed by atoms with Crippen molar-refractivity contribution in [3.8, 4) is 0 Å². The van der Waals surface area contributed by atoms with Gasteiger partial charge in [0.15, 0.2) is 11.9 Å². The molecule has 4 saturated heterocycles. The number of carbonyl (C=O) groups is 3. The fourth-order valence-electron chi connectivity index (χ4n) is 10.8. The highest BCUT2D eigenvalue weighted by atomic mass is 16.8. The lowest BCUT2D eigenvalue weighted by molar-refractivity contribution is -0.408. The minimum absolute atomic E-state index is 0.0257. The maximum absolute atomic E-state index is 14.6. The van der Waals surface area contributed by atoms with Gasteiger partial charge in [-0.05, 0) is 95.6 Å². The lowest BCUT2D eigenvalue weighted by Crippen LogP contribution is -2.63. The number of aliphatic hydroxyl groups is 2. The number of carbonyl (C=O) groups excluding carboxylic acids is 2. The summed E-state index contributed by atoms with van der Waals surface area (Å²) < 4.78 is 40.2. The number of Topliss-reactive ketones (excluding diaryl/α,β-unsaturated/α-hetero) is 1. The van der Waals surface area contributed by atoms with E-state index in [0.717, 1.165) is 6.42 Å². The Morgan fingerprint density at radius 3 is 2.16 bits per heavy atom. The summed E-state index contributed by atoms with van der Waals surface area (Å²) in [4.78, 5) is 41.0. The van der Waals surface area contributed by atoms with E-state index in [-0.39, 0.29) is 29.6 Å². The van der Waals surface area contributed by atoms with Crippen LogP contribution >= 0.6 is 0 Å². The molecule has 13 nitrogen and oxygen atoms in total. The van der Waals surface area contributed by atoms with Gasteiger partial charge in [-0.3, -0.25) is 9.59 Å². The van der Waals surface area contributed by atoms with Crippen molar-refractivity contribution in [2.45, 2.75) is 199 Å². The van der Waals surface area contributed by atoms with Gasteiger partial charge in [-0.1, -0.05) is 55.4 Å². The minimum Gasteiger partial charge on any atom is -0.481 e. The van der Waals surface area contributed by atoms with E-state index in [0.29, 0.717) is 57.8 Å². The first-order chi connectivity index (χ1) is 27.1. The van der Waals surface area contributed by atoms with Crippen molar-refractivity contribution in [1.82, 2.24) is 4.90 Å². The molecule has 5 aliphatic rings. The van der Waals surface area contributed by atoms with Crippen LogP contribution in [0.25, 0.3) is 0 Å². The molecular weight excluding hydrogens is 746 g/mol. The summed E-state index contributed by atoms with van der Waals surface area (Å²) >= 11 is 0. The first-order valence-corrected chi connectivity index (χ1v) is 22.2. The second-order valence-electron chi connectivity index (χ2n) is 19.2. The predicted octanol–water partition coefficient (Wildman–Crippen LogP) is 6.89. The molecule has 0 aromatic carbocycles. The second kappa shape index (κ2) is 18.1. The molecular formula is C45H75NO12. The Kier molecular flexibility index (Phi) is 14.6. The van der Waals surface area contributed by atoms with Crippen LogP contribution in [0.1, 0.15) is 133 Å². The Morgan fingerprint density at radius 1 is 0.897 bits per heavy atom. The van der Waals surface area contributed by atoms with Gasteiger partial charge < -0.3 is 48.6 Å². The third kappa shape index (κ3) is 8.93. The van der Waals surface area contributed by atoms with E-state index in [1.807, 2.05) is 53.7 Å². The van der Waals surface area contributed by atoms with Gasteiger partial charge in [0, 0.05) is 44.2 Å². The van der Waals surface area contributed by atoms with Crippen molar-refractivity contribution in [3.63, 3.8) is 0 Å². The zero-order valence-electron chi connectivity index (χ0n) is 37.3. The van der Waals surface area contributed by atoms with Crippen LogP contribution in [0, 0.1) is 41.4 Å². The van der Waals surface area contributed by atoms with Crippen molar-refractivity contribution < 1.29 is 58.1 Å². The van der Waals surface area contributed by atoms with Crippen LogP contribution < -0.4 is 0 Å². The van der Waals surface area contributed by atoms with Crippen LogP contribution in [-0.2, 0) is 38.0 Å². The van der Waals surface area contributed by atoms with Crippen LogP contribution in [0.3, 0.4) is 0 Å². The fourth-order valence-corrected chi connectivity index (χ4v) is 10.8. The molecule has 0 bridgehead atoms. The average Bonchev–Trinajstić information content (AvgIpc) is 3.52. The lowest BCUT2D eigenvalue weighted by atomic mass is 9.72. The maximum Gasteiger partial charge on any atom is 0.410 e. The van der Waals surface area contributed by atoms with Crippen molar-refractivity contribution in [1.29, 1.82) is 0 Å². The van der Waals surface area contributed by atoms with Gasteiger partial charge in [0.2, 0.25) is 5.79 Å².